The molecule has 0 aliphatic heterocycles. The van der Waals surface area contributed by atoms with Crippen LogP contribution < -0.4 is 0 Å². The molecule has 0 radical (unpaired) electrons. The zero-order chi connectivity index (χ0) is 17.1. The van der Waals surface area contributed by atoms with E-state index in [0.29, 0.717) is 5.75 Å². The molecule has 2 rings (SSSR count). The summed E-state index contributed by atoms with van der Waals surface area (Å²) >= 11 is 1.29. The highest BCUT2D eigenvalue weighted by atomic mass is 32.2. The molecule has 0 saturated heterocycles. The summed E-state index contributed by atoms with van der Waals surface area (Å²) in [5.41, 5.74) is -1.71. The van der Waals surface area contributed by atoms with Gasteiger partial charge in [0, 0.05) is 22.1 Å². The van der Waals surface area contributed by atoms with E-state index in [4.69, 9.17) is 5.11 Å². The molecule has 0 bridgehead atoms. The van der Waals surface area contributed by atoms with Crippen molar-refractivity contribution in [1.29, 1.82) is 0 Å². The van der Waals surface area contributed by atoms with E-state index < -0.39 is 22.0 Å². The summed E-state index contributed by atoms with van der Waals surface area (Å²) in [6, 6.07) is 3.09. The summed E-state index contributed by atoms with van der Waals surface area (Å²) in [5, 5.41) is 24.3. The first-order valence-electron chi connectivity index (χ1n) is 7.05. The SMILES string of the molecule is CC(C)(SCCO)C(O)(Cn1cncn1)c1ccc(F)cc1F. The molecule has 0 aliphatic carbocycles. The number of hydrogen-bond donors (Lipinski definition) is 2. The Morgan fingerprint density at radius 1 is 1.30 bits per heavy atom. The standard InChI is InChI=1S/C15H19F2N3O2S/c1-14(2,23-6-5-21)15(22,8-20-10-18-9-19-20)12-4-3-11(16)7-13(12)17/h3-4,7,9-10,21-22H,5-6,8H2,1-2H3. The van der Waals surface area contributed by atoms with Crippen molar-refractivity contribution in [3.8, 4) is 0 Å². The Morgan fingerprint density at radius 2 is 2.04 bits per heavy atom. The molecule has 8 heteroatoms. The predicted octanol–water partition coefficient (Wildman–Crippen LogP) is 1.95. The van der Waals surface area contributed by atoms with Crippen LogP contribution in [0.25, 0.3) is 0 Å². The van der Waals surface area contributed by atoms with Crippen molar-refractivity contribution >= 4 is 11.8 Å². The van der Waals surface area contributed by atoms with Crippen molar-refractivity contribution in [3.63, 3.8) is 0 Å². The summed E-state index contributed by atoms with van der Waals surface area (Å²) in [5.74, 6) is -1.17. The van der Waals surface area contributed by atoms with E-state index in [1.54, 1.807) is 13.8 Å². The average Bonchev–Trinajstić information content (AvgIpc) is 2.97. The molecule has 0 saturated carbocycles. The molecular formula is C15H19F2N3O2S. The third kappa shape index (κ3) is 3.70. The fourth-order valence-electron chi connectivity index (χ4n) is 2.39. The van der Waals surface area contributed by atoms with Gasteiger partial charge in [-0.3, -0.25) is 0 Å². The highest BCUT2D eigenvalue weighted by Crippen LogP contribution is 2.44. The number of hydrogen-bond acceptors (Lipinski definition) is 5. The van der Waals surface area contributed by atoms with Gasteiger partial charge in [-0.25, -0.2) is 18.4 Å². The monoisotopic (exact) mass is 343 g/mol. The van der Waals surface area contributed by atoms with E-state index in [0.717, 1.165) is 12.1 Å². The molecule has 2 aromatic rings. The van der Waals surface area contributed by atoms with Crippen LogP contribution in [0, 0.1) is 11.6 Å². The Morgan fingerprint density at radius 3 is 2.61 bits per heavy atom. The number of aromatic nitrogens is 3. The van der Waals surface area contributed by atoms with Gasteiger partial charge in [0.25, 0.3) is 0 Å². The van der Waals surface area contributed by atoms with Crippen LogP contribution in [0.2, 0.25) is 0 Å². The number of aliphatic hydroxyl groups is 2. The number of rotatable bonds is 7. The van der Waals surface area contributed by atoms with Crippen LogP contribution in [0.15, 0.2) is 30.9 Å². The van der Waals surface area contributed by atoms with Crippen molar-refractivity contribution in [2.45, 2.75) is 30.7 Å². The molecule has 0 aliphatic rings. The van der Waals surface area contributed by atoms with Gasteiger partial charge in [0.2, 0.25) is 0 Å². The summed E-state index contributed by atoms with van der Waals surface area (Å²) in [7, 11) is 0. The first-order chi connectivity index (χ1) is 10.8. The number of thioether (sulfide) groups is 1. The minimum Gasteiger partial charge on any atom is -0.396 e. The molecule has 1 atom stereocenters. The van der Waals surface area contributed by atoms with E-state index >= 15 is 0 Å². The molecule has 1 aromatic heterocycles. The highest BCUT2D eigenvalue weighted by Gasteiger charge is 2.47. The van der Waals surface area contributed by atoms with E-state index in [-0.39, 0.29) is 18.7 Å². The van der Waals surface area contributed by atoms with Gasteiger partial charge in [-0.2, -0.15) is 5.10 Å². The highest BCUT2D eigenvalue weighted by molar-refractivity contribution is 8.00. The topological polar surface area (TPSA) is 71.2 Å². The van der Waals surface area contributed by atoms with E-state index in [9.17, 15) is 13.9 Å². The zero-order valence-corrected chi connectivity index (χ0v) is 13.7. The second-order valence-corrected chi connectivity index (χ2v) is 7.38. The van der Waals surface area contributed by atoms with Gasteiger partial charge < -0.3 is 10.2 Å². The van der Waals surface area contributed by atoms with Crippen LogP contribution in [0.4, 0.5) is 8.78 Å². The number of aliphatic hydroxyl groups excluding tert-OH is 1. The van der Waals surface area contributed by atoms with Crippen LogP contribution in [0.5, 0.6) is 0 Å². The van der Waals surface area contributed by atoms with Gasteiger partial charge >= 0.3 is 0 Å². The molecule has 1 heterocycles. The first-order valence-corrected chi connectivity index (χ1v) is 8.04. The summed E-state index contributed by atoms with van der Waals surface area (Å²) < 4.78 is 28.1. The molecule has 0 fully saturated rings. The maximum Gasteiger partial charge on any atom is 0.137 e. The number of nitrogens with zero attached hydrogens (tertiary/aromatic N) is 3. The predicted molar refractivity (Wildman–Crippen MR) is 83.9 cm³/mol. The Kier molecular flexibility index (Phi) is 5.38. The number of benzene rings is 1. The molecule has 1 aromatic carbocycles. The lowest BCUT2D eigenvalue weighted by atomic mass is 9.82. The average molecular weight is 343 g/mol. The van der Waals surface area contributed by atoms with E-state index in [1.807, 2.05) is 0 Å². The molecule has 0 amide bonds. The Hall–Kier alpha value is -1.51. The lowest BCUT2D eigenvalue weighted by Crippen LogP contribution is -2.49. The van der Waals surface area contributed by atoms with Crippen molar-refractivity contribution in [2.75, 3.05) is 12.4 Å². The molecule has 23 heavy (non-hydrogen) atoms. The summed E-state index contributed by atoms with van der Waals surface area (Å²) in [4.78, 5) is 3.82. The second kappa shape index (κ2) is 6.94. The molecular weight excluding hydrogens is 324 g/mol. The van der Waals surface area contributed by atoms with Crippen molar-refractivity contribution in [3.05, 3.63) is 48.1 Å². The third-order valence-corrected chi connectivity index (χ3v) is 5.23. The molecule has 5 nitrogen and oxygen atoms in total. The zero-order valence-electron chi connectivity index (χ0n) is 12.9. The van der Waals surface area contributed by atoms with Crippen molar-refractivity contribution in [2.24, 2.45) is 0 Å². The van der Waals surface area contributed by atoms with Gasteiger partial charge in [0.05, 0.1) is 13.2 Å². The Bertz CT molecular complexity index is 652. The quantitative estimate of drug-likeness (QED) is 0.804. The fraction of sp³-hybridized carbons (Fsp3) is 0.467. The van der Waals surface area contributed by atoms with Crippen LogP contribution in [-0.2, 0) is 12.1 Å². The largest absolute Gasteiger partial charge is 0.396 e. The van der Waals surface area contributed by atoms with Gasteiger partial charge in [0.15, 0.2) is 0 Å². The van der Waals surface area contributed by atoms with Crippen LogP contribution in [-0.4, -0.2) is 42.1 Å². The van der Waals surface area contributed by atoms with E-state index in [1.165, 1.54) is 35.2 Å². The molecule has 1 unspecified atom stereocenters. The van der Waals surface area contributed by atoms with Gasteiger partial charge in [0.1, 0.15) is 29.9 Å². The Labute approximate surface area is 137 Å². The molecule has 2 N–H and O–H groups in total. The molecule has 126 valence electrons. The van der Waals surface area contributed by atoms with Crippen molar-refractivity contribution < 1.29 is 19.0 Å². The summed E-state index contributed by atoms with van der Waals surface area (Å²) in [6.07, 6.45) is 2.73. The lowest BCUT2D eigenvalue weighted by molar-refractivity contribution is -0.0170. The molecule has 0 spiro atoms. The van der Waals surface area contributed by atoms with Gasteiger partial charge in [-0.1, -0.05) is 6.07 Å². The van der Waals surface area contributed by atoms with Crippen molar-refractivity contribution in [1.82, 2.24) is 14.8 Å². The minimum absolute atomic E-state index is 0.0233. The first kappa shape index (κ1) is 17.8. The third-order valence-electron chi connectivity index (χ3n) is 3.78. The minimum atomic E-state index is -1.68. The van der Waals surface area contributed by atoms with Crippen LogP contribution in [0.1, 0.15) is 19.4 Å². The second-order valence-electron chi connectivity index (χ2n) is 5.66. The van der Waals surface area contributed by atoms with Gasteiger partial charge in [-0.05, 0) is 19.9 Å². The lowest BCUT2D eigenvalue weighted by Gasteiger charge is -2.42. The smallest absolute Gasteiger partial charge is 0.137 e. The summed E-state index contributed by atoms with van der Waals surface area (Å²) in [6.45, 7) is 3.36. The van der Waals surface area contributed by atoms with E-state index in [2.05, 4.69) is 10.1 Å². The number of halogens is 2. The maximum atomic E-state index is 14.3. The van der Waals surface area contributed by atoms with Crippen LogP contribution in [0.3, 0.4) is 0 Å². The van der Waals surface area contributed by atoms with Crippen LogP contribution >= 0.6 is 11.8 Å². The fourth-order valence-corrected chi connectivity index (χ4v) is 3.41. The van der Waals surface area contributed by atoms with Gasteiger partial charge in [-0.15, -0.1) is 11.8 Å². The normalized spacial score (nSPS) is 14.7. The Balaban J connectivity index is 2.49. The maximum absolute atomic E-state index is 14.3.